The molecule has 2 amide bonds. The molecule has 0 aliphatic rings. The zero-order valence-corrected chi connectivity index (χ0v) is 15.3. The molecule has 0 spiro atoms. The predicted octanol–water partition coefficient (Wildman–Crippen LogP) is 3.62. The first-order chi connectivity index (χ1) is 11.0. The van der Waals surface area contributed by atoms with Crippen LogP contribution in [0.15, 0.2) is 51.8 Å². The molecule has 0 fully saturated rings. The number of thioether (sulfide) groups is 1. The number of benzene rings is 2. The zero-order chi connectivity index (χ0) is 16.8. The average molecular weight is 393 g/mol. The Balaban J connectivity index is 1.81. The van der Waals surface area contributed by atoms with Gasteiger partial charge in [0, 0.05) is 14.9 Å². The van der Waals surface area contributed by atoms with Gasteiger partial charge in [-0.15, -0.1) is 11.8 Å². The van der Waals surface area contributed by atoms with Gasteiger partial charge in [0.2, 0.25) is 5.91 Å². The van der Waals surface area contributed by atoms with Crippen LogP contribution in [-0.2, 0) is 4.79 Å². The molecular weight excluding hydrogens is 376 g/mol. The molecule has 2 rings (SSSR count). The van der Waals surface area contributed by atoms with E-state index < -0.39 is 0 Å². The Morgan fingerprint density at radius 3 is 2.39 bits per heavy atom. The summed E-state index contributed by atoms with van der Waals surface area (Å²) in [4.78, 5) is 24.8. The summed E-state index contributed by atoms with van der Waals surface area (Å²) in [5, 5.41) is 0. The number of halogens is 1. The number of carbonyl (C=O) groups is 2. The molecule has 23 heavy (non-hydrogen) atoms. The van der Waals surface area contributed by atoms with Crippen molar-refractivity contribution in [2.24, 2.45) is 0 Å². The van der Waals surface area contributed by atoms with E-state index in [0.717, 1.165) is 20.5 Å². The van der Waals surface area contributed by atoms with Gasteiger partial charge < -0.3 is 0 Å². The lowest BCUT2D eigenvalue weighted by Gasteiger charge is -2.09. The standard InChI is InChI=1S/C17H17BrN2O2S/c1-11-3-8-15(12(2)9-11)17(22)20-19-16(21)10-23-14-6-4-13(18)5-7-14/h3-9H,10H2,1-2H3,(H,19,21)(H,20,22). The number of hydrogen-bond donors (Lipinski definition) is 2. The second kappa shape index (κ2) is 8.17. The molecular formula is C17H17BrN2O2S. The largest absolute Gasteiger partial charge is 0.272 e. The lowest BCUT2D eigenvalue weighted by atomic mass is 10.1. The summed E-state index contributed by atoms with van der Waals surface area (Å²) in [5.41, 5.74) is 7.40. The van der Waals surface area contributed by atoms with Crippen LogP contribution in [0.25, 0.3) is 0 Å². The van der Waals surface area contributed by atoms with Gasteiger partial charge in [0.15, 0.2) is 0 Å². The molecule has 0 aliphatic carbocycles. The highest BCUT2D eigenvalue weighted by atomic mass is 79.9. The molecule has 0 radical (unpaired) electrons. The highest BCUT2D eigenvalue weighted by Crippen LogP contribution is 2.20. The summed E-state index contributed by atoms with van der Waals surface area (Å²) in [6.07, 6.45) is 0. The molecule has 0 atom stereocenters. The van der Waals surface area contributed by atoms with Crippen molar-refractivity contribution < 1.29 is 9.59 Å². The molecule has 2 aromatic rings. The second-order valence-corrected chi connectivity index (χ2v) is 7.03. The van der Waals surface area contributed by atoms with Crippen LogP contribution in [0, 0.1) is 13.8 Å². The van der Waals surface area contributed by atoms with Gasteiger partial charge in [-0.3, -0.25) is 20.4 Å². The van der Waals surface area contributed by atoms with Crippen molar-refractivity contribution in [3.63, 3.8) is 0 Å². The second-order valence-electron chi connectivity index (χ2n) is 5.06. The third kappa shape index (κ3) is 5.41. The fourth-order valence-electron chi connectivity index (χ4n) is 1.98. The van der Waals surface area contributed by atoms with Gasteiger partial charge in [-0.2, -0.15) is 0 Å². The van der Waals surface area contributed by atoms with E-state index in [1.54, 1.807) is 6.07 Å². The predicted molar refractivity (Wildman–Crippen MR) is 96.4 cm³/mol. The Labute approximate surface area is 148 Å². The number of aryl methyl sites for hydroxylation is 2. The van der Waals surface area contributed by atoms with E-state index in [1.807, 2.05) is 50.2 Å². The van der Waals surface area contributed by atoms with Gasteiger partial charge in [0.05, 0.1) is 5.75 Å². The van der Waals surface area contributed by atoms with Crippen LogP contribution in [0.2, 0.25) is 0 Å². The summed E-state index contributed by atoms with van der Waals surface area (Å²) in [6.45, 7) is 3.84. The minimum absolute atomic E-state index is 0.231. The summed E-state index contributed by atoms with van der Waals surface area (Å²) < 4.78 is 0.993. The van der Waals surface area contributed by atoms with Crippen LogP contribution in [0.4, 0.5) is 0 Å². The lowest BCUT2D eigenvalue weighted by Crippen LogP contribution is -2.42. The lowest BCUT2D eigenvalue weighted by molar-refractivity contribution is -0.119. The highest BCUT2D eigenvalue weighted by molar-refractivity contribution is 9.10. The summed E-state index contributed by atoms with van der Waals surface area (Å²) in [7, 11) is 0. The normalized spacial score (nSPS) is 10.2. The third-order valence-corrected chi connectivity index (χ3v) is 4.67. The van der Waals surface area contributed by atoms with E-state index in [9.17, 15) is 9.59 Å². The van der Waals surface area contributed by atoms with Crippen LogP contribution in [0.5, 0.6) is 0 Å². The third-order valence-electron chi connectivity index (χ3n) is 3.13. The van der Waals surface area contributed by atoms with E-state index in [4.69, 9.17) is 0 Å². The van der Waals surface area contributed by atoms with Gasteiger partial charge in [0.25, 0.3) is 5.91 Å². The Hall–Kier alpha value is -1.79. The molecule has 2 aromatic carbocycles. The Morgan fingerprint density at radius 2 is 1.74 bits per heavy atom. The molecule has 0 heterocycles. The van der Waals surface area contributed by atoms with Gasteiger partial charge in [-0.05, 0) is 49.7 Å². The zero-order valence-electron chi connectivity index (χ0n) is 12.9. The summed E-state index contributed by atoms with van der Waals surface area (Å²) in [6, 6.07) is 13.2. The summed E-state index contributed by atoms with van der Waals surface area (Å²) >= 11 is 4.77. The molecule has 0 saturated carbocycles. The van der Waals surface area contributed by atoms with E-state index in [0.29, 0.717) is 5.56 Å². The maximum absolute atomic E-state index is 12.1. The first-order valence-electron chi connectivity index (χ1n) is 7.00. The number of amides is 2. The van der Waals surface area contributed by atoms with Gasteiger partial charge >= 0.3 is 0 Å². The minimum atomic E-state index is -0.315. The summed E-state index contributed by atoms with van der Waals surface area (Å²) in [5.74, 6) is -0.338. The first kappa shape index (κ1) is 17.6. The van der Waals surface area contributed by atoms with E-state index >= 15 is 0 Å². The topological polar surface area (TPSA) is 58.2 Å². The van der Waals surface area contributed by atoms with Crippen LogP contribution >= 0.6 is 27.7 Å². The minimum Gasteiger partial charge on any atom is -0.272 e. The van der Waals surface area contributed by atoms with Crippen molar-refractivity contribution in [1.29, 1.82) is 0 Å². The maximum Gasteiger partial charge on any atom is 0.269 e. The fraction of sp³-hybridized carbons (Fsp3) is 0.176. The molecule has 0 aromatic heterocycles. The van der Waals surface area contributed by atoms with Gasteiger partial charge in [0.1, 0.15) is 0 Å². The Bertz CT molecular complexity index is 717. The van der Waals surface area contributed by atoms with Gasteiger partial charge in [-0.25, -0.2) is 0 Å². The van der Waals surface area contributed by atoms with Crippen LogP contribution < -0.4 is 10.9 Å². The number of hydrazine groups is 1. The molecule has 0 aliphatic heterocycles. The van der Waals surface area contributed by atoms with E-state index in [2.05, 4.69) is 26.8 Å². The first-order valence-corrected chi connectivity index (χ1v) is 8.78. The van der Waals surface area contributed by atoms with Gasteiger partial charge in [-0.1, -0.05) is 33.6 Å². The van der Waals surface area contributed by atoms with Crippen LogP contribution in [0.3, 0.4) is 0 Å². The Morgan fingerprint density at radius 1 is 1.04 bits per heavy atom. The fourth-order valence-corrected chi connectivity index (χ4v) is 2.94. The van der Waals surface area contributed by atoms with Crippen LogP contribution in [-0.4, -0.2) is 17.6 Å². The number of rotatable bonds is 4. The molecule has 0 saturated heterocycles. The monoisotopic (exact) mass is 392 g/mol. The van der Waals surface area contributed by atoms with Crippen molar-refractivity contribution in [2.45, 2.75) is 18.7 Å². The number of hydrogen-bond acceptors (Lipinski definition) is 3. The van der Waals surface area contributed by atoms with Crippen molar-refractivity contribution in [3.05, 3.63) is 63.6 Å². The molecule has 0 bridgehead atoms. The van der Waals surface area contributed by atoms with Crippen molar-refractivity contribution in [2.75, 3.05) is 5.75 Å². The number of nitrogens with one attached hydrogen (secondary N) is 2. The molecule has 120 valence electrons. The SMILES string of the molecule is Cc1ccc(C(=O)NNC(=O)CSc2ccc(Br)cc2)c(C)c1. The van der Waals surface area contributed by atoms with Crippen molar-refractivity contribution >= 4 is 39.5 Å². The smallest absolute Gasteiger partial charge is 0.269 e. The number of carbonyl (C=O) groups excluding carboxylic acids is 2. The molecule has 0 unspecified atom stereocenters. The quantitative estimate of drug-likeness (QED) is 0.616. The maximum atomic E-state index is 12.1. The van der Waals surface area contributed by atoms with E-state index in [-0.39, 0.29) is 17.6 Å². The van der Waals surface area contributed by atoms with Crippen molar-refractivity contribution in [1.82, 2.24) is 10.9 Å². The molecule has 6 heteroatoms. The Kier molecular flexibility index (Phi) is 6.24. The van der Waals surface area contributed by atoms with Crippen LogP contribution in [0.1, 0.15) is 21.5 Å². The highest BCUT2D eigenvalue weighted by Gasteiger charge is 2.10. The van der Waals surface area contributed by atoms with E-state index in [1.165, 1.54) is 11.8 Å². The molecule has 4 nitrogen and oxygen atoms in total. The molecule has 2 N–H and O–H groups in total. The average Bonchev–Trinajstić information content (AvgIpc) is 2.52. The van der Waals surface area contributed by atoms with Crippen molar-refractivity contribution in [3.8, 4) is 0 Å².